The van der Waals surface area contributed by atoms with Crippen LogP contribution in [0.5, 0.6) is 5.75 Å². The number of nitrogens with zero attached hydrogens (tertiary/aromatic N) is 3. The van der Waals surface area contributed by atoms with Crippen molar-refractivity contribution in [2.24, 2.45) is 0 Å². The summed E-state index contributed by atoms with van der Waals surface area (Å²) < 4.78 is 7.95. The molecule has 0 saturated carbocycles. The molecule has 0 radical (unpaired) electrons. The molecule has 0 saturated heterocycles. The van der Waals surface area contributed by atoms with Crippen LogP contribution in [-0.2, 0) is 0 Å². The smallest absolute Gasteiger partial charge is 0.170 e. The molecular formula is C13H10BrN3OS. The summed E-state index contributed by atoms with van der Waals surface area (Å²) in [5.74, 6) is 0.833. The van der Waals surface area contributed by atoms with Crippen molar-refractivity contribution in [1.29, 1.82) is 0 Å². The third kappa shape index (κ3) is 2.59. The van der Waals surface area contributed by atoms with E-state index in [1.807, 2.05) is 41.1 Å². The van der Waals surface area contributed by atoms with Gasteiger partial charge in [-0.1, -0.05) is 17.8 Å². The molecule has 0 unspecified atom stereocenters. The van der Waals surface area contributed by atoms with Gasteiger partial charge in [0.1, 0.15) is 15.4 Å². The number of rotatable bonds is 3. The largest absolute Gasteiger partial charge is 0.497 e. The highest BCUT2D eigenvalue weighted by atomic mass is 79.9. The highest BCUT2D eigenvalue weighted by Gasteiger charge is 2.08. The van der Waals surface area contributed by atoms with Gasteiger partial charge in [0.25, 0.3) is 0 Å². The molecule has 0 N–H and O–H groups in total. The number of benzene rings is 1. The van der Waals surface area contributed by atoms with Crippen molar-refractivity contribution in [3.05, 3.63) is 47.5 Å². The highest BCUT2D eigenvalue weighted by Crippen LogP contribution is 2.31. The fourth-order valence-electron chi connectivity index (χ4n) is 1.72. The molecule has 6 heteroatoms. The van der Waals surface area contributed by atoms with Crippen molar-refractivity contribution in [2.45, 2.75) is 9.92 Å². The van der Waals surface area contributed by atoms with Crippen LogP contribution >= 0.6 is 27.7 Å². The van der Waals surface area contributed by atoms with E-state index in [1.165, 1.54) is 0 Å². The van der Waals surface area contributed by atoms with E-state index in [1.54, 1.807) is 25.1 Å². The minimum absolute atomic E-state index is 0.781. The molecule has 0 bridgehead atoms. The summed E-state index contributed by atoms with van der Waals surface area (Å²) in [7, 11) is 1.66. The molecule has 0 amide bonds. The molecule has 0 spiro atoms. The number of hydrogen-bond acceptors (Lipinski definition) is 4. The first-order valence-electron chi connectivity index (χ1n) is 5.57. The molecule has 19 heavy (non-hydrogen) atoms. The van der Waals surface area contributed by atoms with E-state index in [0.717, 1.165) is 25.9 Å². The topological polar surface area (TPSA) is 39.4 Å². The van der Waals surface area contributed by atoms with Gasteiger partial charge in [0, 0.05) is 23.5 Å². The fourth-order valence-corrected chi connectivity index (χ4v) is 3.17. The molecule has 3 aromatic rings. The summed E-state index contributed by atoms with van der Waals surface area (Å²) >= 11 is 4.97. The second-order valence-corrected chi connectivity index (χ2v) is 5.68. The van der Waals surface area contributed by atoms with E-state index in [9.17, 15) is 0 Å². The lowest BCUT2D eigenvalue weighted by Crippen LogP contribution is -1.91. The van der Waals surface area contributed by atoms with Crippen molar-refractivity contribution in [2.75, 3.05) is 7.11 Å². The Morgan fingerprint density at radius 1 is 1.37 bits per heavy atom. The maximum atomic E-state index is 5.22. The molecule has 0 aliphatic heterocycles. The van der Waals surface area contributed by atoms with E-state index in [2.05, 4.69) is 25.9 Å². The van der Waals surface area contributed by atoms with Crippen LogP contribution in [0, 0.1) is 0 Å². The highest BCUT2D eigenvalue weighted by molar-refractivity contribution is 9.10. The third-order valence-electron chi connectivity index (χ3n) is 2.57. The van der Waals surface area contributed by atoms with E-state index >= 15 is 0 Å². The lowest BCUT2D eigenvalue weighted by molar-refractivity contribution is 0.413. The fraction of sp³-hybridized carbons (Fsp3) is 0.0769. The minimum atomic E-state index is 0.781. The quantitative estimate of drug-likeness (QED) is 0.732. The first kappa shape index (κ1) is 12.5. The summed E-state index contributed by atoms with van der Waals surface area (Å²) in [6.45, 7) is 0. The van der Waals surface area contributed by atoms with Crippen LogP contribution in [-0.4, -0.2) is 21.5 Å². The third-order valence-corrected chi connectivity index (χ3v) is 3.91. The standard InChI is InChI=1S/C13H10BrN3OS/c1-18-9-3-2-4-10(7-9)19-13-12-15-5-6-17(12)8-11(14)16-13/h2-8H,1H3. The summed E-state index contributed by atoms with van der Waals surface area (Å²) in [5, 5.41) is 0.854. The predicted octanol–water partition coefficient (Wildman–Crippen LogP) is 3.65. The monoisotopic (exact) mass is 335 g/mol. The van der Waals surface area contributed by atoms with Crippen LogP contribution in [0.15, 0.2) is 57.4 Å². The molecule has 96 valence electrons. The Balaban J connectivity index is 2.02. The van der Waals surface area contributed by atoms with Crippen molar-refractivity contribution in [3.63, 3.8) is 0 Å². The maximum absolute atomic E-state index is 5.22. The predicted molar refractivity (Wildman–Crippen MR) is 77.8 cm³/mol. The normalized spacial score (nSPS) is 10.8. The zero-order valence-corrected chi connectivity index (χ0v) is 12.5. The summed E-state index contributed by atoms with van der Waals surface area (Å²) in [6, 6.07) is 7.88. The van der Waals surface area contributed by atoms with Gasteiger partial charge in [0.2, 0.25) is 0 Å². The van der Waals surface area contributed by atoms with Crippen LogP contribution in [0.1, 0.15) is 0 Å². The van der Waals surface area contributed by atoms with Gasteiger partial charge in [-0.15, -0.1) is 0 Å². The van der Waals surface area contributed by atoms with E-state index in [0.29, 0.717) is 0 Å². The van der Waals surface area contributed by atoms with E-state index < -0.39 is 0 Å². The Bertz CT molecular complexity index is 729. The van der Waals surface area contributed by atoms with Gasteiger partial charge in [-0.3, -0.25) is 0 Å². The Morgan fingerprint density at radius 2 is 2.26 bits per heavy atom. The first-order chi connectivity index (χ1) is 9.26. The number of halogens is 1. The van der Waals surface area contributed by atoms with Crippen molar-refractivity contribution < 1.29 is 4.74 Å². The Morgan fingerprint density at radius 3 is 3.11 bits per heavy atom. The molecule has 1 aromatic carbocycles. The van der Waals surface area contributed by atoms with Gasteiger partial charge in [0.15, 0.2) is 5.65 Å². The van der Waals surface area contributed by atoms with Crippen LogP contribution in [0.3, 0.4) is 0 Å². The Kier molecular flexibility index (Phi) is 3.44. The molecular weight excluding hydrogens is 326 g/mol. The average Bonchev–Trinajstić information content (AvgIpc) is 2.87. The summed E-state index contributed by atoms with van der Waals surface area (Å²) in [6.07, 6.45) is 5.55. The molecule has 0 atom stereocenters. The molecule has 2 aromatic heterocycles. The Hall–Kier alpha value is -1.53. The lowest BCUT2D eigenvalue weighted by atomic mass is 10.3. The summed E-state index contributed by atoms with van der Waals surface area (Å²) in [4.78, 5) is 9.87. The first-order valence-corrected chi connectivity index (χ1v) is 7.18. The number of hydrogen-bond donors (Lipinski definition) is 0. The van der Waals surface area contributed by atoms with Gasteiger partial charge < -0.3 is 9.14 Å². The molecule has 3 rings (SSSR count). The number of methoxy groups -OCH3 is 1. The molecule has 4 nitrogen and oxygen atoms in total. The van der Waals surface area contributed by atoms with Crippen LogP contribution in [0.25, 0.3) is 5.65 Å². The van der Waals surface area contributed by atoms with Crippen LogP contribution in [0.4, 0.5) is 0 Å². The number of ether oxygens (including phenoxy) is 1. The summed E-state index contributed by atoms with van der Waals surface area (Å²) in [5.41, 5.74) is 0.844. The van der Waals surface area contributed by atoms with Crippen molar-refractivity contribution >= 4 is 33.3 Å². The number of aromatic nitrogens is 3. The molecule has 2 heterocycles. The second-order valence-electron chi connectivity index (χ2n) is 3.81. The number of imidazole rings is 1. The lowest BCUT2D eigenvalue weighted by Gasteiger charge is -2.05. The van der Waals surface area contributed by atoms with Crippen molar-refractivity contribution in [3.8, 4) is 5.75 Å². The van der Waals surface area contributed by atoms with E-state index in [-0.39, 0.29) is 0 Å². The zero-order chi connectivity index (χ0) is 13.2. The SMILES string of the molecule is COc1cccc(Sc2nc(Br)cn3ccnc23)c1. The van der Waals surface area contributed by atoms with Gasteiger partial charge in [-0.25, -0.2) is 9.97 Å². The van der Waals surface area contributed by atoms with Crippen LogP contribution in [0.2, 0.25) is 0 Å². The second kappa shape index (κ2) is 5.22. The van der Waals surface area contributed by atoms with Crippen LogP contribution < -0.4 is 4.74 Å². The minimum Gasteiger partial charge on any atom is -0.497 e. The number of fused-ring (bicyclic) bond motifs is 1. The Labute approximate surface area is 123 Å². The van der Waals surface area contributed by atoms with E-state index in [4.69, 9.17) is 4.74 Å². The molecule has 0 aliphatic rings. The molecule has 0 fully saturated rings. The van der Waals surface area contributed by atoms with Crippen molar-refractivity contribution in [1.82, 2.24) is 14.4 Å². The van der Waals surface area contributed by atoms with Gasteiger partial charge in [0.05, 0.1) is 7.11 Å². The maximum Gasteiger partial charge on any atom is 0.170 e. The zero-order valence-electron chi connectivity index (χ0n) is 10.1. The molecule has 0 aliphatic carbocycles. The van der Waals surface area contributed by atoms with Gasteiger partial charge in [-0.05, 0) is 34.1 Å². The van der Waals surface area contributed by atoms with Gasteiger partial charge in [-0.2, -0.15) is 0 Å². The van der Waals surface area contributed by atoms with Gasteiger partial charge >= 0.3 is 0 Å². The average molecular weight is 336 g/mol.